The van der Waals surface area contributed by atoms with Gasteiger partial charge >= 0.3 is 6.16 Å². The summed E-state index contributed by atoms with van der Waals surface area (Å²) in [6, 6.07) is 5.96. The molecule has 3 fully saturated rings. The quantitative estimate of drug-likeness (QED) is 0.202. The topological polar surface area (TPSA) is 35.5 Å². The van der Waals surface area contributed by atoms with E-state index in [1.165, 1.54) is 69.1 Å². The molecule has 38 heavy (non-hydrogen) atoms. The lowest BCUT2D eigenvalue weighted by Gasteiger charge is -2.58. The van der Waals surface area contributed by atoms with Gasteiger partial charge in [0.05, 0.1) is 0 Å². The number of hydrogen-bond donors (Lipinski definition) is 0. The molecule has 4 aliphatic rings. The molecule has 0 N–H and O–H groups in total. The minimum Gasteiger partial charge on any atom is -0.430 e. The van der Waals surface area contributed by atoms with E-state index >= 15 is 0 Å². The molecule has 3 nitrogen and oxygen atoms in total. The monoisotopic (exact) mass is 524 g/mol. The van der Waals surface area contributed by atoms with Crippen molar-refractivity contribution in [1.29, 1.82) is 0 Å². The van der Waals surface area contributed by atoms with Gasteiger partial charge in [-0.25, -0.2) is 9.18 Å². The van der Waals surface area contributed by atoms with Crippen molar-refractivity contribution in [3.63, 3.8) is 0 Å². The molecule has 0 saturated heterocycles. The Morgan fingerprint density at radius 1 is 1.03 bits per heavy atom. The van der Waals surface area contributed by atoms with E-state index in [2.05, 4.69) is 40.7 Å². The van der Waals surface area contributed by atoms with Crippen molar-refractivity contribution in [3.8, 4) is 5.75 Å². The first kappa shape index (κ1) is 27.7. The number of hydrogen-bond acceptors (Lipinski definition) is 3. The van der Waals surface area contributed by atoms with E-state index in [4.69, 9.17) is 9.47 Å². The Morgan fingerprint density at radius 2 is 1.82 bits per heavy atom. The third-order valence-electron chi connectivity index (χ3n) is 11.6. The van der Waals surface area contributed by atoms with E-state index in [-0.39, 0.29) is 17.3 Å². The highest BCUT2D eigenvalue weighted by Crippen LogP contribution is 2.67. The van der Waals surface area contributed by atoms with E-state index in [1.807, 2.05) is 0 Å². The summed E-state index contributed by atoms with van der Waals surface area (Å²) in [4.78, 5) is 12.4. The first-order valence-corrected chi connectivity index (χ1v) is 15.4. The molecule has 0 aromatic heterocycles. The molecule has 0 amide bonds. The van der Waals surface area contributed by atoms with Crippen LogP contribution in [0.15, 0.2) is 35.9 Å². The predicted octanol–water partition coefficient (Wildman–Crippen LogP) is 9.75. The lowest BCUT2D eigenvalue weighted by atomic mass is 9.47. The van der Waals surface area contributed by atoms with Crippen molar-refractivity contribution < 1.29 is 18.7 Å². The average molecular weight is 525 g/mol. The fourth-order valence-corrected chi connectivity index (χ4v) is 9.53. The van der Waals surface area contributed by atoms with Gasteiger partial charge < -0.3 is 9.47 Å². The molecule has 0 aliphatic heterocycles. The maximum absolute atomic E-state index is 13.9. The van der Waals surface area contributed by atoms with Gasteiger partial charge in [0.2, 0.25) is 0 Å². The Hall–Kier alpha value is -1.84. The summed E-state index contributed by atoms with van der Waals surface area (Å²) in [6.07, 6.45) is 15.0. The fraction of sp³-hybridized carbons (Fsp3) is 0.735. The van der Waals surface area contributed by atoms with Gasteiger partial charge in [-0.05, 0) is 103 Å². The Morgan fingerprint density at radius 3 is 2.58 bits per heavy atom. The number of benzene rings is 1. The van der Waals surface area contributed by atoms with Gasteiger partial charge in [0.1, 0.15) is 6.10 Å². The summed E-state index contributed by atoms with van der Waals surface area (Å²) in [6.45, 7) is 12.4. The van der Waals surface area contributed by atoms with Crippen LogP contribution in [0.1, 0.15) is 105 Å². The predicted molar refractivity (Wildman–Crippen MR) is 150 cm³/mol. The third kappa shape index (κ3) is 5.18. The van der Waals surface area contributed by atoms with Crippen LogP contribution in [0.5, 0.6) is 5.75 Å². The fourth-order valence-electron chi connectivity index (χ4n) is 9.53. The Labute approximate surface area is 229 Å². The van der Waals surface area contributed by atoms with Crippen LogP contribution < -0.4 is 4.74 Å². The molecular formula is C34H49FO3. The van der Waals surface area contributed by atoms with E-state index < -0.39 is 12.0 Å². The largest absolute Gasteiger partial charge is 0.514 e. The first-order valence-electron chi connectivity index (χ1n) is 15.4. The van der Waals surface area contributed by atoms with Gasteiger partial charge in [-0.1, -0.05) is 77.7 Å². The summed E-state index contributed by atoms with van der Waals surface area (Å²) >= 11 is 0. The van der Waals surface area contributed by atoms with Gasteiger partial charge in [-0.2, -0.15) is 0 Å². The van der Waals surface area contributed by atoms with Crippen molar-refractivity contribution in [2.24, 2.45) is 46.3 Å². The number of allylic oxidation sites excluding steroid dienone is 1. The number of carbonyl (C=O) groups is 1. The summed E-state index contributed by atoms with van der Waals surface area (Å²) in [7, 11) is 0. The zero-order chi connectivity index (χ0) is 27.1. The van der Waals surface area contributed by atoms with Crippen LogP contribution in [-0.2, 0) is 4.74 Å². The van der Waals surface area contributed by atoms with E-state index in [9.17, 15) is 9.18 Å². The average Bonchev–Trinajstić information content (AvgIpc) is 3.23. The second kappa shape index (κ2) is 11.0. The maximum Gasteiger partial charge on any atom is 0.514 e. The molecular weight excluding hydrogens is 475 g/mol. The normalized spacial score (nSPS) is 37.0. The number of ether oxygens (including phenoxy) is 2. The first-order chi connectivity index (χ1) is 18.1. The van der Waals surface area contributed by atoms with Crippen LogP contribution in [0, 0.1) is 52.2 Å². The van der Waals surface area contributed by atoms with Crippen molar-refractivity contribution in [2.75, 3.05) is 0 Å². The summed E-state index contributed by atoms with van der Waals surface area (Å²) in [5, 5.41) is 0. The van der Waals surface area contributed by atoms with Crippen molar-refractivity contribution in [2.45, 2.75) is 111 Å². The second-order valence-corrected chi connectivity index (χ2v) is 14.1. The summed E-state index contributed by atoms with van der Waals surface area (Å²) in [5.74, 6) is 4.27. The van der Waals surface area contributed by atoms with E-state index in [0.29, 0.717) is 5.41 Å². The Bertz CT molecular complexity index is 1030. The standard InChI is InChI=1S/C34H49FO3/c1-22(2)9-8-10-23(3)27-15-16-28-26-14-13-24-21-25(37-32(36)38-31-12-7-6-11-30(31)35)17-19-33(24,4)29(26)18-20-34(27,28)5/h6-7,11-13,22-23,25-29H,8-10,14-21H2,1-5H3/t23-,25-,26-,27+,28-,29-,33-,34+/m0/s1. The van der Waals surface area contributed by atoms with Gasteiger partial charge in [-0.15, -0.1) is 0 Å². The molecule has 0 spiro atoms. The van der Waals surface area contributed by atoms with Crippen LogP contribution in [0.3, 0.4) is 0 Å². The smallest absolute Gasteiger partial charge is 0.430 e. The van der Waals surface area contributed by atoms with Crippen LogP contribution in [-0.4, -0.2) is 12.3 Å². The SMILES string of the molecule is CC(C)CCC[C@H](C)[C@H]1CC[C@H]2[C@@H]3CC=C4C[C@@H](OC(=O)Oc5ccccc5F)CC[C@]4(C)[C@H]3CC[C@]12C. The van der Waals surface area contributed by atoms with Crippen LogP contribution >= 0.6 is 0 Å². The molecule has 1 aromatic rings. The number of para-hydroxylation sites is 1. The van der Waals surface area contributed by atoms with Crippen LogP contribution in [0.25, 0.3) is 0 Å². The molecule has 0 heterocycles. The number of halogens is 1. The zero-order valence-corrected chi connectivity index (χ0v) is 24.3. The summed E-state index contributed by atoms with van der Waals surface area (Å²) in [5.41, 5.74) is 2.19. The number of carbonyl (C=O) groups excluding carboxylic acids is 1. The molecule has 0 unspecified atom stereocenters. The molecule has 3 saturated carbocycles. The highest BCUT2D eigenvalue weighted by atomic mass is 19.1. The Balaban J connectivity index is 1.22. The second-order valence-electron chi connectivity index (χ2n) is 14.1. The van der Waals surface area contributed by atoms with Crippen molar-refractivity contribution in [1.82, 2.24) is 0 Å². The zero-order valence-electron chi connectivity index (χ0n) is 24.3. The highest BCUT2D eigenvalue weighted by molar-refractivity contribution is 5.64. The lowest BCUT2D eigenvalue weighted by Crippen LogP contribution is -2.51. The molecule has 4 heteroatoms. The van der Waals surface area contributed by atoms with Gasteiger partial charge in [-0.3, -0.25) is 0 Å². The van der Waals surface area contributed by atoms with Gasteiger partial charge in [0, 0.05) is 6.42 Å². The Kier molecular flexibility index (Phi) is 8.00. The van der Waals surface area contributed by atoms with Crippen molar-refractivity contribution >= 4 is 6.16 Å². The molecule has 8 atom stereocenters. The third-order valence-corrected chi connectivity index (χ3v) is 11.6. The minimum atomic E-state index is -0.800. The molecule has 210 valence electrons. The van der Waals surface area contributed by atoms with Crippen LogP contribution in [0.4, 0.5) is 9.18 Å². The molecule has 4 aliphatic carbocycles. The minimum absolute atomic E-state index is 0.0766. The number of rotatable bonds is 7. The van der Waals surface area contributed by atoms with Crippen molar-refractivity contribution in [3.05, 3.63) is 41.7 Å². The molecule has 5 rings (SSSR count). The lowest BCUT2D eigenvalue weighted by molar-refractivity contribution is -0.0597. The molecule has 0 radical (unpaired) electrons. The summed E-state index contributed by atoms with van der Waals surface area (Å²) < 4.78 is 24.7. The maximum atomic E-state index is 13.9. The van der Waals surface area contributed by atoms with Gasteiger partial charge in [0.25, 0.3) is 0 Å². The molecule has 0 bridgehead atoms. The number of fused-ring (bicyclic) bond motifs is 5. The van der Waals surface area contributed by atoms with Crippen LogP contribution in [0.2, 0.25) is 0 Å². The van der Waals surface area contributed by atoms with E-state index in [1.54, 1.807) is 12.1 Å². The molecule has 1 aromatic carbocycles. The van der Waals surface area contributed by atoms with Gasteiger partial charge in [0.15, 0.2) is 11.6 Å². The highest BCUT2D eigenvalue weighted by Gasteiger charge is 2.59. The van der Waals surface area contributed by atoms with E-state index in [0.717, 1.165) is 54.8 Å².